The molecule has 4 fully saturated rings. The van der Waals surface area contributed by atoms with Gasteiger partial charge in [0.2, 0.25) is 5.91 Å². The number of pyridine rings is 1. The maximum atomic E-state index is 12.7. The number of carbonyl (C=O) groups excluding carboxylic acids is 1. The van der Waals surface area contributed by atoms with Gasteiger partial charge in [-0.3, -0.25) is 19.1 Å². The highest BCUT2D eigenvalue weighted by Gasteiger charge is 2.50. The van der Waals surface area contributed by atoms with Crippen molar-refractivity contribution in [1.82, 2.24) is 34.8 Å². The minimum absolute atomic E-state index is 0.0391. The Morgan fingerprint density at radius 2 is 1.90 bits per heavy atom. The van der Waals surface area contributed by atoms with Gasteiger partial charge in [0.1, 0.15) is 0 Å². The zero-order valence-corrected chi connectivity index (χ0v) is 23.4. The van der Waals surface area contributed by atoms with Crippen LogP contribution in [0.3, 0.4) is 0 Å². The molecule has 0 spiro atoms. The molecule has 3 saturated carbocycles. The number of anilines is 1. The summed E-state index contributed by atoms with van der Waals surface area (Å²) in [6, 6.07) is 2.19. The van der Waals surface area contributed by atoms with E-state index >= 15 is 0 Å². The maximum Gasteiger partial charge on any atom is 0.234 e. The molecule has 0 aromatic carbocycles. The van der Waals surface area contributed by atoms with Crippen molar-refractivity contribution in [2.75, 3.05) is 31.1 Å². The molecule has 0 radical (unpaired) electrons. The molecule has 3 aromatic rings. The molecule has 0 unspecified atom stereocenters. The fourth-order valence-electron chi connectivity index (χ4n) is 7.70. The Morgan fingerprint density at radius 3 is 2.62 bits per heavy atom. The molecule has 10 nitrogen and oxygen atoms in total. The van der Waals surface area contributed by atoms with Crippen LogP contribution in [-0.4, -0.2) is 78.3 Å². The van der Waals surface area contributed by atoms with Crippen LogP contribution in [0.1, 0.15) is 61.2 Å². The quantitative estimate of drug-likeness (QED) is 0.502. The standard InChI is InChI=1S/C29H40N8O2/c1-19-12-25(22-13-30-34(3)27(22)31-19)36-11-4-24-23(16-36)20(2)33-37(24)18-28-5-8-29(9-6-28,10-7-28)32-26(39)17-35-14-21(38)15-35/h12-13,21,38H,4-11,14-18H2,1-3H3,(H,32,39). The summed E-state index contributed by atoms with van der Waals surface area (Å²) in [6.45, 7) is 8.67. The largest absolute Gasteiger partial charge is 0.390 e. The number of aliphatic hydroxyl groups excluding tert-OH is 1. The average Bonchev–Trinajstić information content (AvgIpc) is 3.42. The normalized spacial score (nSPS) is 27.1. The van der Waals surface area contributed by atoms with Gasteiger partial charge in [0.15, 0.2) is 5.65 Å². The number of amides is 1. The third-order valence-corrected chi connectivity index (χ3v) is 10.1. The van der Waals surface area contributed by atoms with Crippen LogP contribution in [-0.2, 0) is 31.4 Å². The first-order valence-electron chi connectivity index (χ1n) is 14.5. The number of fused-ring (bicyclic) bond motifs is 5. The van der Waals surface area contributed by atoms with Crippen molar-refractivity contribution in [2.24, 2.45) is 12.5 Å². The summed E-state index contributed by atoms with van der Waals surface area (Å²) in [4.78, 5) is 21.9. The number of nitrogens with zero attached hydrogens (tertiary/aromatic N) is 7. The highest BCUT2D eigenvalue weighted by molar-refractivity contribution is 5.89. The summed E-state index contributed by atoms with van der Waals surface area (Å²) in [5, 5.41) is 23.6. The number of likely N-dealkylation sites (tertiary alicyclic amines) is 1. The van der Waals surface area contributed by atoms with E-state index in [1.807, 2.05) is 22.8 Å². The van der Waals surface area contributed by atoms with Crippen LogP contribution in [0, 0.1) is 19.3 Å². The van der Waals surface area contributed by atoms with E-state index in [0.717, 1.165) is 87.0 Å². The van der Waals surface area contributed by atoms with Gasteiger partial charge in [0.05, 0.1) is 35.6 Å². The molecule has 3 aliphatic carbocycles. The van der Waals surface area contributed by atoms with Crippen molar-refractivity contribution < 1.29 is 9.90 Å². The molecule has 0 atom stereocenters. The zero-order valence-electron chi connectivity index (χ0n) is 23.4. The summed E-state index contributed by atoms with van der Waals surface area (Å²) in [7, 11) is 1.95. The van der Waals surface area contributed by atoms with E-state index in [1.165, 1.54) is 16.9 Å². The lowest BCUT2D eigenvalue weighted by Crippen LogP contribution is -2.60. The first kappa shape index (κ1) is 25.0. The van der Waals surface area contributed by atoms with Gasteiger partial charge in [-0.1, -0.05) is 0 Å². The van der Waals surface area contributed by atoms with Gasteiger partial charge in [0, 0.05) is 68.7 Å². The van der Waals surface area contributed by atoms with Crippen LogP contribution in [0.5, 0.6) is 0 Å². The van der Waals surface area contributed by atoms with E-state index in [-0.39, 0.29) is 23.0 Å². The van der Waals surface area contributed by atoms with Crippen molar-refractivity contribution in [3.8, 4) is 0 Å². The monoisotopic (exact) mass is 532 g/mol. The number of β-amino-alcohol motifs (C(OH)–C–C–N with tert-alkyl or cyclic N) is 1. The summed E-state index contributed by atoms with van der Waals surface area (Å²) in [6.07, 6.45) is 9.26. The predicted octanol–water partition coefficient (Wildman–Crippen LogP) is 2.23. The smallest absolute Gasteiger partial charge is 0.234 e. The molecule has 208 valence electrons. The van der Waals surface area contributed by atoms with E-state index < -0.39 is 0 Å². The number of hydrogen-bond donors (Lipinski definition) is 2. The lowest BCUT2D eigenvalue weighted by Gasteiger charge is -2.54. The number of rotatable bonds is 6. The molecule has 5 aliphatic rings. The average molecular weight is 533 g/mol. The van der Waals surface area contributed by atoms with Crippen molar-refractivity contribution >= 4 is 22.6 Å². The van der Waals surface area contributed by atoms with Gasteiger partial charge in [-0.15, -0.1) is 0 Å². The second kappa shape index (κ2) is 9.02. The first-order valence-corrected chi connectivity index (χ1v) is 14.5. The molecule has 1 saturated heterocycles. The van der Waals surface area contributed by atoms with Crippen LogP contribution in [0.25, 0.3) is 11.0 Å². The Labute approximate surface area is 229 Å². The van der Waals surface area contributed by atoms with Gasteiger partial charge in [0.25, 0.3) is 0 Å². The maximum absolute atomic E-state index is 12.7. The summed E-state index contributed by atoms with van der Waals surface area (Å²) < 4.78 is 4.20. The molecule has 5 heterocycles. The molecular formula is C29H40N8O2. The Morgan fingerprint density at radius 1 is 1.15 bits per heavy atom. The summed E-state index contributed by atoms with van der Waals surface area (Å²) in [5.41, 5.74) is 7.31. The molecule has 2 aliphatic heterocycles. The fraction of sp³-hybridized carbons (Fsp3) is 0.655. The molecule has 1 amide bonds. The minimum Gasteiger partial charge on any atom is -0.390 e. The predicted molar refractivity (Wildman–Crippen MR) is 148 cm³/mol. The van der Waals surface area contributed by atoms with Crippen molar-refractivity contribution in [3.05, 3.63) is 34.9 Å². The number of carbonyl (C=O) groups is 1. The summed E-state index contributed by atoms with van der Waals surface area (Å²) >= 11 is 0. The highest BCUT2D eigenvalue weighted by Crippen LogP contribution is 2.53. The van der Waals surface area contributed by atoms with Crippen LogP contribution >= 0.6 is 0 Å². The van der Waals surface area contributed by atoms with Gasteiger partial charge in [-0.05, 0) is 63.9 Å². The Hall–Kier alpha value is -2.98. The third kappa shape index (κ3) is 4.32. The number of aryl methyl sites for hydroxylation is 3. The third-order valence-electron chi connectivity index (χ3n) is 10.1. The van der Waals surface area contributed by atoms with Crippen molar-refractivity contribution in [3.63, 3.8) is 0 Å². The SMILES string of the molecule is Cc1cc(N2CCc3c(c(C)nn3CC34CCC(NC(=O)CN5CC(O)C5)(CC3)CC4)C2)c2cnn(C)c2n1. The van der Waals surface area contributed by atoms with E-state index in [2.05, 4.69) is 39.9 Å². The van der Waals surface area contributed by atoms with Gasteiger partial charge < -0.3 is 15.3 Å². The van der Waals surface area contributed by atoms with E-state index in [0.29, 0.717) is 19.6 Å². The molecule has 2 N–H and O–H groups in total. The molecule has 8 rings (SSSR count). The van der Waals surface area contributed by atoms with Crippen molar-refractivity contribution in [1.29, 1.82) is 0 Å². The van der Waals surface area contributed by atoms with Gasteiger partial charge in [-0.25, -0.2) is 4.98 Å². The van der Waals surface area contributed by atoms with E-state index in [4.69, 9.17) is 10.1 Å². The second-order valence-corrected chi connectivity index (χ2v) is 12.8. The number of aliphatic hydroxyl groups is 1. The lowest BCUT2D eigenvalue weighted by atomic mass is 9.57. The van der Waals surface area contributed by atoms with E-state index in [1.54, 1.807) is 0 Å². The van der Waals surface area contributed by atoms with Crippen LogP contribution in [0.15, 0.2) is 12.3 Å². The molecule has 39 heavy (non-hydrogen) atoms. The Kier molecular flexibility index (Phi) is 5.79. The van der Waals surface area contributed by atoms with Gasteiger partial charge in [-0.2, -0.15) is 10.2 Å². The van der Waals surface area contributed by atoms with Crippen LogP contribution in [0.2, 0.25) is 0 Å². The van der Waals surface area contributed by atoms with Crippen LogP contribution < -0.4 is 10.2 Å². The number of nitrogens with one attached hydrogen (secondary N) is 1. The molecule has 2 bridgehead atoms. The molecule has 10 heteroatoms. The molecular weight excluding hydrogens is 492 g/mol. The topological polar surface area (TPSA) is 104 Å². The van der Waals surface area contributed by atoms with Crippen LogP contribution in [0.4, 0.5) is 5.69 Å². The Balaban J connectivity index is 1.04. The number of aromatic nitrogens is 5. The summed E-state index contributed by atoms with van der Waals surface area (Å²) in [5.74, 6) is 0.116. The highest BCUT2D eigenvalue weighted by atomic mass is 16.3. The first-order chi connectivity index (χ1) is 18.7. The van der Waals surface area contributed by atoms with Gasteiger partial charge >= 0.3 is 0 Å². The second-order valence-electron chi connectivity index (χ2n) is 12.8. The van der Waals surface area contributed by atoms with Crippen molar-refractivity contribution in [2.45, 2.75) is 83.5 Å². The Bertz CT molecular complexity index is 1410. The van der Waals surface area contributed by atoms with E-state index in [9.17, 15) is 9.90 Å². The molecule has 3 aromatic heterocycles. The minimum atomic E-state index is -0.266. The zero-order chi connectivity index (χ0) is 26.9. The lowest BCUT2D eigenvalue weighted by molar-refractivity contribution is -0.129. The number of hydrogen-bond acceptors (Lipinski definition) is 7. The fourth-order valence-corrected chi connectivity index (χ4v) is 7.70.